The van der Waals surface area contributed by atoms with Crippen molar-refractivity contribution in [1.29, 1.82) is 0 Å². The van der Waals surface area contributed by atoms with E-state index >= 15 is 0 Å². The maximum atomic E-state index is 11.5. The number of carbonyl (C=O) groups excluding carboxylic acids is 1. The van der Waals surface area contributed by atoms with E-state index in [2.05, 4.69) is 9.97 Å². The average molecular weight is 215 g/mol. The van der Waals surface area contributed by atoms with Crippen molar-refractivity contribution in [3.63, 3.8) is 0 Å². The zero-order valence-electron chi connectivity index (χ0n) is 8.24. The van der Waals surface area contributed by atoms with E-state index in [0.29, 0.717) is 0 Å². The Kier molecular flexibility index (Phi) is 3.06. The Labute approximate surface area is 87.3 Å². The van der Waals surface area contributed by atoms with Gasteiger partial charge in [-0.15, -0.1) is 0 Å². The molecule has 0 amide bonds. The molecule has 1 aromatic heterocycles. The van der Waals surface area contributed by atoms with Gasteiger partial charge in [0.05, 0.1) is 0 Å². The summed E-state index contributed by atoms with van der Waals surface area (Å²) in [5.41, 5.74) is -0.512. The van der Waals surface area contributed by atoms with Crippen LogP contribution in [0.15, 0.2) is 12.4 Å². The Bertz CT molecular complexity index is 347. The molecule has 4 nitrogen and oxygen atoms in total. The summed E-state index contributed by atoms with van der Waals surface area (Å²) < 4.78 is 5.08. The van der Waals surface area contributed by atoms with E-state index in [4.69, 9.17) is 16.3 Å². The van der Waals surface area contributed by atoms with Crippen molar-refractivity contribution < 1.29 is 9.53 Å². The van der Waals surface area contributed by atoms with Gasteiger partial charge in [-0.1, -0.05) is 11.6 Å². The predicted octanol–water partition coefficient (Wildman–Crippen LogP) is 2.09. The minimum atomic E-state index is -0.560. The second-order valence-electron chi connectivity index (χ2n) is 3.70. The monoisotopic (exact) mass is 214 g/mol. The quantitative estimate of drug-likeness (QED) is 0.672. The van der Waals surface area contributed by atoms with Crippen LogP contribution in [-0.4, -0.2) is 21.5 Å². The summed E-state index contributed by atoms with van der Waals surface area (Å²) in [5, 5.41) is 0.0572. The molecule has 5 heteroatoms. The van der Waals surface area contributed by atoms with Gasteiger partial charge in [0.25, 0.3) is 0 Å². The number of halogens is 1. The zero-order chi connectivity index (χ0) is 10.8. The summed E-state index contributed by atoms with van der Waals surface area (Å²) in [5.74, 6) is -0.560. The Morgan fingerprint density at radius 3 is 2.43 bits per heavy atom. The topological polar surface area (TPSA) is 52.1 Å². The van der Waals surface area contributed by atoms with Gasteiger partial charge < -0.3 is 4.74 Å². The zero-order valence-corrected chi connectivity index (χ0v) is 9.00. The maximum Gasteiger partial charge on any atom is 0.360 e. The first kappa shape index (κ1) is 10.9. The summed E-state index contributed by atoms with van der Waals surface area (Å²) in [4.78, 5) is 19.0. The third kappa shape index (κ3) is 2.96. The molecule has 1 heterocycles. The fraction of sp³-hybridized carbons (Fsp3) is 0.444. The van der Waals surface area contributed by atoms with Crippen molar-refractivity contribution in [2.75, 3.05) is 0 Å². The number of rotatable bonds is 1. The fourth-order valence-corrected chi connectivity index (χ4v) is 0.967. The highest BCUT2D eigenvalue weighted by Gasteiger charge is 2.21. The first-order chi connectivity index (χ1) is 6.40. The van der Waals surface area contributed by atoms with Gasteiger partial charge in [-0.2, -0.15) is 0 Å². The minimum absolute atomic E-state index is 0.0455. The molecule has 0 atom stereocenters. The molecule has 0 aliphatic carbocycles. The second kappa shape index (κ2) is 3.92. The van der Waals surface area contributed by atoms with Gasteiger partial charge in [-0.05, 0) is 20.8 Å². The Balaban J connectivity index is 2.86. The summed E-state index contributed by atoms with van der Waals surface area (Å²) >= 11 is 5.67. The van der Waals surface area contributed by atoms with E-state index < -0.39 is 11.6 Å². The second-order valence-corrected chi connectivity index (χ2v) is 4.06. The Morgan fingerprint density at radius 1 is 1.36 bits per heavy atom. The summed E-state index contributed by atoms with van der Waals surface area (Å²) in [6, 6.07) is 0. The molecule has 1 aromatic rings. The molecule has 0 bridgehead atoms. The number of hydrogen-bond donors (Lipinski definition) is 0. The van der Waals surface area contributed by atoms with Gasteiger partial charge in [0.1, 0.15) is 5.60 Å². The molecule has 0 unspecified atom stereocenters. The smallest absolute Gasteiger partial charge is 0.360 e. The number of aromatic nitrogens is 2. The van der Waals surface area contributed by atoms with Crippen LogP contribution in [-0.2, 0) is 4.74 Å². The van der Waals surface area contributed by atoms with Crippen LogP contribution in [0.4, 0.5) is 0 Å². The molecular formula is C9H11ClN2O2. The van der Waals surface area contributed by atoms with Crippen LogP contribution >= 0.6 is 11.6 Å². The van der Waals surface area contributed by atoms with Crippen molar-refractivity contribution in [3.8, 4) is 0 Å². The first-order valence-electron chi connectivity index (χ1n) is 4.10. The van der Waals surface area contributed by atoms with Gasteiger partial charge in [0.2, 0.25) is 0 Å². The number of nitrogens with zero attached hydrogens (tertiary/aromatic N) is 2. The molecule has 0 N–H and O–H groups in total. The van der Waals surface area contributed by atoms with E-state index in [0.717, 1.165) is 0 Å². The van der Waals surface area contributed by atoms with Gasteiger partial charge in [-0.3, -0.25) is 0 Å². The van der Waals surface area contributed by atoms with Crippen molar-refractivity contribution in [2.45, 2.75) is 26.4 Å². The molecular weight excluding hydrogens is 204 g/mol. The highest BCUT2D eigenvalue weighted by atomic mass is 35.5. The molecule has 0 saturated heterocycles. The van der Waals surface area contributed by atoms with E-state index in [1.54, 1.807) is 20.8 Å². The summed E-state index contributed by atoms with van der Waals surface area (Å²) in [6.07, 6.45) is 2.81. The van der Waals surface area contributed by atoms with Crippen LogP contribution < -0.4 is 0 Å². The Hall–Kier alpha value is -1.16. The molecule has 14 heavy (non-hydrogen) atoms. The molecule has 0 saturated carbocycles. The lowest BCUT2D eigenvalue weighted by Crippen LogP contribution is -2.24. The normalized spacial score (nSPS) is 11.1. The van der Waals surface area contributed by atoms with Gasteiger partial charge >= 0.3 is 5.97 Å². The van der Waals surface area contributed by atoms with E-state index in [1.165, 1.54) is 12.4 Å². The first-order valence-corrected chi connectivity index (χ1v) is 4.48. The number of ether oxygens (including phenoxy) is 1. The average Bonchev–Trinajstić information content (AvgIpc) is 2.01. The van der Waals surface area contributed by atoms with Crippen molar-refractivity contribution in [3.05, 3.63) is 23.2 Å². The molecule has 1 rings (SSSR count). The SMILES string of the molecule is CC(C)(C)OC(=O)c1nccnc1Cl. The highest BCUT2D eigenvalue weighted by Crippen LogP contribution is 2.14. The predicted molar refractivity (Wildman–Crippen MR) is 52.2 cm³/mol. The maximum absolute atomic E-state index is 11.5. The van der Waals surface area contributed by atoms with Crippen molar-refractivity contribution in [2.24, 2.45) is 0 Å². The number of hydrogen-bond acceptors (Lipinski definition) is 4. The summed E-state index contributed by atoms with van der Waals surface area (Å²) in [6.45, 7) is 5.32. The molecule has 0 aliphatic heterocycles. The lowest BCUT2D eigenvalue weighted by molar-refractivity contribution is 0.00626. The lowest BCUT2D eigenvalue weighted by atomic mass is 10.2. The van der Waals surface area contributed by atoms with E-state index in [-0.39, 0.29) is 10.8 Å². The van der Waals surface area contributed by atoms with Crippen LogP contribution in [0.2, 0.25) is 5.15 Å². The molecule has 0 aromatic carbocycles. The Morgan fingerprint density at radius 2 is 1.93 bits per heavy atom. The van der Waals surface area contributed by atoms with Gasteiger partial charge in [-0.25, -0.2) is 14.8 Å². The van der Waals surface area contributed by atoms with Crippen LogP contribution in [0, 0.1) is 0 Å². The molecule has 0 aliphatic rings. The van der Waals surface area contributed by atoms with Crippen molar-refractivity contribution in [1.82, 2.24) is 9.97 Å². The van der Waals surface area contributed by atoms with E-state index in [1.807, 2.05) is 0 Å². The molecule has 0 spiro atoms. The number of carbonyl (C=O) groups is 1. The standard InChI is InChI=1S/C9H11ClN2O2/c1-9(2,3)14-8(13)6-7(10)12-5-4-11-6/h4-5H,1-3H3. The highest BCUT2D eigenvalue weighted by molar-refractivity contribution is 6.32. The van der Waals surface area contributed by atoms with Gasteiger partial charge in [0, 0.05) is 12.4 Å². The molecule has 0 radical (unpaired) electrons. The molecule has 0 fully saturated rings. The minimum Gasteiger partial charge on any atom is -0.455 e. The van der Waals surface area contributed by atoms with Crippen LogP contribution in [0.25, 0.3) is 0 Å². The van der Waals surface area contributed by atoms with Crippen LogP contribution in [0.5, 0.6) is 0 Å². The van der Waals surface area contributed by atoms with Crippen LogP contribution in [0.1, 0.15) is 31.3 Å². The number of esters is 1. The summed E-state index contributed by atoms with van der Waals surface area (Å²) in [7, 11) is 0. The van der Waals surface area contributed by atoms with Crippen LogP contribution in [0.3, 0.4) is 0 Å². The lowest BCUT2D eigenvalue weighted by Gasteiger charge is -2.19. The largest absolute Gasteiger partial charge is 0.455 e. The fourth-order valence-electron chi connectivity index (χ4n) is 0.784. The third-order valence-electron chi connectivity index (χ3n) is 1.25. The van der Waals surface area contributed by atoms with E-state index in [9.17, 15) is 4.79 Å². The van der Waals surface area contributed by atoms with Crippen molar-refractivity contribution >= 4 is 17.6 Å². The third-order valence-corrected chi connectivity index (χ3v) is 1.52. The van der Waals surface area contributed by atoms with Gasteiger partial charge in [0.15, 0.2) is 10.8 Å². The molecule has 76 valence electrons.